The molecule has 0 saturated carbocycles. The Balaban J connectivity index is 1.05. The molecule has 0 aliphatic rings. The fraction of sp³-hybridized carbons (Fsp3) is 0. The summed E-state index contributed by atoms with van der Waals surface area (Å²) in [6.45, 7) is 0. The molecule has 12 rings (SSSR count). The van der Waals surface area contributed by atoms with Crippen molar-refractivity contribution in [1.29, 1.82) is 5.26 Å². The molecule has 0 amide bonds. The summed E-state index contributed by atoms with van der Waals surface area (Å²) in [6.07, 6.45) is 0. The first-order chi connectivity index (χ1) is 28.7. The maximum absolute atomic E-state index is 10.3. The van der Waals surface area contributed by atoms with Crippen molar-refractivity contribution < 1.29 is 0 Å². The molecule has 0 spiro atoms. The zero-order valence-corrected chi connectivity index (χ0v) is 31.3. The van der Waals surface area contributed by atoms with E-state index in [0.717, 1.165) is 55.6 Å². The van der Waals surface area contributed by atoms with Crippen LogP contribution in [0.2, 0.25) is 0 Å². The van der Waals surface area contributed by atoms with Gasteiger partial charge in [-0.05, 0) is 116 Å². The number of rotatable bonds is 5. The number of hydrogen-bond acceptors (Lipinski definition) is 2. The van der Waals surface area contributed by atoms with Crippen molar-refractivity contribution in [3.05, 3.63) is 200 Å². The lowest BCUT2D eigenvalue weighted by atomic mass is 9.88. The second-order valence-electron chi connectivity index (χ2n) is 15.0. The molecule has 0 bridgehead atoms. The third kappa shape index (κ3) is 4.65. The molecule has 0 unspecified atom stereocenters. The van der Waals surface area contributed by atoms with E-state index in [4.69, 9.17) is 4.98 Å². The Bertz CT molecular complexity index is 3620. The molecule has 0 saturated heterocycles. The van der Waals surface area contributed by atoms with Crippen LogP contribution in [0, 0.1) is 11.3 Å². The lowest BCUT2D eigenvalue weighted by molar-refractivity contribution is 1.10. The van der Waals surface area contributed by atoms with Gasteiger partial charge in [-0.1, -0.05) is 127 Å². The fourth-order valence-corrected chi connectivity index (χ4v) is 9.41. The average Bonchev–Trinajstić information content (AvgIpc) is 3.85. The molecule has 2 heterocycles. The topological polar surface area (TPSA) is 46.5 Å². The van der Waals surface area contributed by atoms with Crippen molar-refractivity contribution >= 4 is 65.2 Å². The second-order valence-corrected chi connectivity index (χ2v) is 15.0. The first kappa shape index (κ1) is 32.3. The minimum atomic E-state index is 0.680. The Labute approximate surface area is 334 Å². The number of para-hydroxylation sites is 3. The van der Waals surface area contributed by atoms with Crippen molar-refractivity contribution in [3.63, 3.8) is 0 Å². The zero-order valence-electron chi connectivity index (χ0n) is 31.3. The lowest BCUT2D eigenvalue weighted by Crippen LogP contribution is -1.98. The van der Waals surface area contributed by atoms with Crippen LogP contribution in [-0.4, -0.2) is 14.1 Å². The van der Waals surface area contributed by atoms with Crippen LogP contribution < -0.4 is 0 Å². The Morgan fingerprint density at radius 2 is 0.948 bits per heavy atom. The highest BCUT2D eigenvalue weighted by Crippen LogP contribution is 2.46. The van der Waals surface area contributed by atoms with E-state index in [1.807, 2.05) is 18.2 Å². The van der Waals surface area contributed by atoms with Gasteiger partial charge in [-0.25, -0.2) is 4.98 Å². The van der Waals surface area contributed by atoms with Crippen LogP contribution in [0.15, 0.2) is 194 Å². The molecule has 0 fully saturated rings. The number of benzene rings is 10. The summed E-state index contributed by atoms with van der Waals surface area (Å²) in [6, 6.07) is 71.5. The Morgan fingerprint density at radius 3 is 1.72 bits per heavy atom. The van der Waals surface area contributed by atoms with Gasteiger partial charge < -0.3 is 4.57 Å². The maximum Gasteiger partial charge on any atom is 0.145 e. The van der Waals surface area contributed by atoms with Crippen LogP contribution >= 0.6 is 0 Å². The summed E-state index contributed by atoms with van der Waals surface area (Å²) in [5.41, 5.74) is 12.9. The smallest absolute Gasteiger partial charge is 0.145 e. The van der Waals surface area contributed by atoms with Gasteiger partial charge in [0.25, 0.3) is 0 Å². The van der Waals surface area contributed by atoms with Crippen molar-refractivity contribution in [2.24, 2.45) is 0 Å². The number of nitrogens with zero attached hydrogens (tertiary/aromatic N) is 4. The summed E-state index contributed by atoms with van der Waals surface area (Å²) >= 11 is 0. The minimum Gasteiger partial charge on any atom is -0.309 e. The highest BCUT2D eigenvalue weighted by molar-refractivity contribution is 6.28. The molecule has 4 nitrogen and oxygen atoms in total. The molecule has 0 atom stereocenters. The van der Waals surface area contributed by atoms with E-state index in [1.165, 1.54) is 54.6 Å². The Kier molecular flexibility index (Phi) is 6.96. The molecule has 0 radical (unpaired) electrons. The molecule has 268 valence electrons. The Hall–Kier alpha value is -8.00. The quantitative estimate of drug-likeness (QED) is 0.165. The largest absolute Gasteiger partial charge is 0.309 e. The van der Waals surface area contributed by atoms with Crippen LogP contribution in [0.4, 0.5) is 0 Å². The normalized spacial score (nSPS) is 11.8. The maximum atomic E-state index is 10.3. The van der Waals surface area contributed by atoms with Gasteiger partial charge in [0.2, 0.25) is 0 Å². The number of aromatic nitrogens is 3. The molecule has 4 heteroatoms. The van der Waals surface area contributed by atoms with Gasteiger partial charge >= 0.3 is 0 Å². The molecule has 12 aromatic rings. The molecular weight excluding hydrogens is 705 g/mol. The highest BCUT2D eigenvalue weighted by atomic mass is 15.1. The van der Waals surface area contributed by atoms with Crippen molar-refractivity contribution in [2.75, 3.05) is 0 Å². The van der Waals surface area contributed by atoms with E-state index in [2.05, 4.69) is 191 Å². The van der Waals surface area contributed by atoms with Crippen molar-refractivity contribution in [1.82, 2.24) is 14.1 Å². The first-order valence-electron chi connectivity index (χ1n) is 19.6. The third-order valence-corrected chi connectivity index (χ3v) is 12.0. The van der Waals surface area contributed by atoms with E-state index in [1.54, 1.807) is 0 Å². The van der Waals surface area contributed by atoms with Gasteiger partial charge in [0.05, 0.1) is 33.7 Å². The molecule has 0 N–H and O–H groups in total. The van der Waals surface area contributed by atoms with Gasteiger partial charge in [-0.15, -0.1) is 0 Å². The molecule has 58 heavy (non-hydrogen) atoms. The number of imidazole rings is 1. The number of hydrogen-bond donors (Lipinski definition) is 0. The first-order valence-corrected chi connectivity index (χ1v) is 19.6. The molecular formula is C54H32N4. The standard InChI is InChI=1S/C54H32N4/c55-33-36-23-31-50-52-40(36)26-29-47-46(45-28-27-44(42-16-6-7-17-43(42)45)41-18-10-12-34-11-4-5-15-39(34)41)30-32-51(53(47)52)57(50)38-24-21-35(22-25-38)54-56-48-19-8-9-20-49(48)58(54)37-13-2-1-3-14-37/h1-32H. The molecule has 0 aliphatic carbocycles. The zero-order chi connectivity index (χ0) is 38.3. The monoisotopic (exact) mass is 736 g/mol. The van der Waals surface area contributed by atoms with E-state index < -0.39 is 0 Å². The van der Waals surface area contributed by atoms with Crippen LogP contribution in [0.5, 0.6) is 0 Å². The van der Waals surface area contributed by atoms with E-state index in [9.17, 15) is 5.26 Å². The second kappa shape index (κ2) is 12.5. The predicted molar refractivity (Wildman–Crippen MR) is 240 cm³/mol. The number of fused-ring (bicyclic) bond motifs is 3. The summed E-state index contributed by atoms with van der Waals surface area (Å²) in [4.78, 5) is 5.12. The van der Waals surface area contributed by atoms with E-state index >= 15 is 0 Å². The lowest BCUT2D eigenvalue weighted by Gasteiger charge is -2.16. The van der Waals surface area contributed by atoms with Crippen LogP contribution in [0.25, 0.3) is 110 Å². The summed E-state index contributed by atoms with van der Waals surface area (Å²) in [5, 5.41) is 19.6. The molecule has 2 aromatic heterocycles. The van der Waals surface area contributed by atoms with Gasteiger partial charge in [0, 0.05) is 33.1 Å². The number of nitriles is 1. The SMILES string of the molecule is N#Cc1ccc2c3c1ccc1c(-c4ccc(-c5cccc6ccccc56)c5ccccc45)ccc(c13)n2-c1ccc(-c2nc3ccccc3n2-c2ccccc2)cc1. The molecule has 0 aliphatic heterocycles. The fourth-order valence-electron chi connectivity index (χ4n) is 9.41. The van der Waals surface area contributed by atoms with Crippen LogP contribution in [0.3, 0.4) is 0 Å². The predicted octanol–water partition coefficient (Wildman–Crippen LogP) is 13.9. The van der Waals surface area contributed by atoms with Crippen LogP contribution in [0.1, 0.15) is 5.56 Å². The minimum absolute atomic E-state index is 0.680. The van der Waals surface area contributed by atoms with Gasteiger partial charge in [-0.3, -0.25) is 4.57 Å². The summed E-state index contributed by atoms with van der Waals surface area (Å²) < 4.78 is 4.59. The van der Waals surface area contributed by atoms with Gasteiger partial charge in [0.15, 0.2) is 0 Å². The highest BCUT2D eigenvalue weighted by Gasteiger charge is 2.22. The third-order valence-electron chi connectivity index (χ3n) is 12.0. The summed E-state index contributed by atoms with van der Waals surface area (Å²) in [5.74, 6) is 0.898. The van der Waals surface area contributed by atoms with Gasteiger partial charge in [0.1, 0.15) is 5.82 Å². The van der Waals surface area contributed by atoms with E-state index in [0.29, 0.717) is 5.56 Å². The average molecular weight is 737 g/mol. The van der Waals surface area contributed by atoms with Crippen LogP contribution in [-0.2, 0) is 0 Å². The van der Waals surface area contributed by atoms with Crippen molar-refractivity contribution in [2.45, 2.75) is 0 Å². The van der Waals surface area contributed by atoms with Crippen molar-refractivity contribution in [3.8, 4) is 51.1 Å². The summed E-state index contributed by atoms with van der Waals surface area (Å²) in [7, 11) is 0. The Morgan fingerprint density at radius 1 is 0.379 bits per heavy atom. The van der Waals surface area contributed by atoms with Gasteiger partial charge in [-0.2, -0.15) is 5.26 Å². The molecule has 10 aromatic carbocycles. The van der Waals surface area contributed by atoms with E-state index in [-0.39, 0.29) is 0 Å².